The molecule has 0 aliphatic heterocycles. The lowest BCUT2D eigenvalue weighted by Crippen LogP contribution is -2.40. The Morgan fingerprint density at radius 3 is 2.55 bits per heavy atom. The Balaban J connectivity index is 2.81. The zero-order valence-corrected chi connectivity index (χ0v) is 12.7. The third kappa shape index (κ3) is 2.43. The molecule has 0 amide bonds. The molecule has 0 saturated carbocycles. The average Bonchev–Trinajstić information content (AvgIpc) is 2.81. The molecule has 0 bridgehead atoms. The zero-order valence-electron chi connectivity index (χ0n) is 12.7. The van der Waals surface area contributed by atoms with Gasteiger partial charge in [0.2, 0.25) is 5.82 Å². The Kier molecular flexibility index (Phi) is 4.45. The molecule has 0 atom stereocenters. The van der Waals surface area contributed by atoms with E-state index in [-0.39, 0.29) is 23.5 Å². The summed E-state index contributed by atoms with van der Waals surface area (Å²) in [7, 11) is 3.00. The number of carboxylic acids is 1. The van der Waals surface area contributed by atoms with E-state index in [1.165, 1.54) is 16.2 Å². The van der Waals surface area contributed by atoms with E-state index in [0.717, 1.165) is 4.57 Å². The number of aryl methyl sites for hydroxylation is 2. The van der Waals surface area contributed by atoms with E-state index in [4.69, 9.17) is 9.84 Å². The van der Waals surface area contributed by atoms with E-state index in [0.29, 0.717) is 19.6 Å². The van der Waals surface area contributed by atoms with Crippen molar-refractivity contribution in [3.8, 4) is 0 Å². The Hall–Kier alpha value is -2.42. The highest BCUT2D eigenvalue weighted by Crippen LogP contribution is 2.10. The highest BCUT2D eigenvalue weighted by Gasteiger charge is 2.22. The fourth-order valence-corrected chi connectivity index (χ4v) is 2.40. The summed E-state index contributed by atoms with van der Waals surface area (Å²) in [4.78, 5) is 40.0. The van der Waals surface area contributed by atoms with Crippen molar-refractivity contribution in [2.24, 2.45) is 7.05 Å². The van der Waals surface area contributed by atoms with Gasteiger partial charge in [-0.3, -0.25) is 13.9 Å². The summed E-state index contributed by atoms with van der Waals surface area (Å²) in [5.41, 5.74) is -0.828. The lowest BCUT2D eigenvalue weighted by molar-refractivity contribution is 0.0680. The third-order valence-corrected chi connectivity index (χ3v) is 3.48. The van der Waals surface area contributed by atoms with E-state index >= 15 is 0 Å². The second kappa shape index (κ2) is 6.14. The molecule has 0 spiro atoms. The van der Waals surface area contributed by atoms with Crippen LogP contribution in [0.5, 0.6) is 0 Å². The highest BCUT2D eigenvalue weighted by atomic mass is 16.5. The molecule has 2 aromatic rings. The number of aromatic nitrogens is 4. The Labute approximate surface area is 125 Å². The molecule has 22 heavy (non-hydrogen) atoms. The second-order valence-electron chi connectivity index (χ2n) is 4.80. The van der Waals surface area contributed by atoms with Crippen LogP contribution in [0.25, 0.3) is 11.2 Å². The van der Waals surface area contributed by atoms with E-state index in [1.807, 2.05) is 0 Å². The number of carboxylic acid groups (broad SMARTS) is 1. The first-order valence-corrected chi connectivity index (χ1v) is 6.86. The maximum Gasteiger partial charge on any atom is 0.372 e. The molecule has 2 rings (SSSR count). The van der Waals surface area contributed by atoms with Crippen LogP contribution in [0.3, 0.4) is 0 Å². The minimum absolute atomic E-state index is 0.0932. The smallest absolute Gasteiger partial charge is 0.372 e. The van der Waals surface area contributed by atoms with Gasteiger partial charge >= 0.3 is 11.7 Å². The fraction of sp³-hybridized carbons (Fsp3) is 0.538. The van der Waals surface area contributed by atoms with Crippen molar-refractivity contribution < 1.29 is 14.6 Å². The minimum Gasteiger partial charge on any atom is -0.475 e. The van der Waals surface area contributed by atoms with Crippen molar-refractivity contribution in [2.45, 2.75) is 26.4 Å². The van der Waals surface area contributed by atoms with Crippen molar-refractivity contribution in [2.75, 3.05) is 13.7 Å². The third-order valence-electron chi connectivity index (χ3n) is 3.48. The summed E-state index contributed by atoms with van der Waals surface area (Å²) in [6, 6.07) is 0. The quantitative estimate of drug-likeness (QED) is 0.731. The maximum absolute atomic E-state index is 12.4. The number of imidazole rings is 1. The van der Waals surface area contributed by atoms with Gasteiger partial charge < -0.3 is 14.4 Å². The first kappa shape index (κ1) is 16.0. The van der Waals surface area contributed by atoms with Crippen LogP contribution in [0.2, 0.25) is 0 Å². The van der Waals surface area contributed by atoms with Gasteiger partial charge in [0.25, 0.3) is 5.56 Å². The normalized spacial score (nSPS) is 11.2. The van der Waals surface area contributed by atoms with Gasteiger partial charge in [0.15, 0.2) is 11.2 Å². The van der Waals surface area contributed by atoms with Crippen LogP contribution in [-0.2, 0) is 24.9 Å². The van der Waals surface area contributed by atoms with Crippen LogP contribution in [-0.4, -0.2) is 43.5 Å². The van der Waals surface area contributed by atoms with E-state index in [1.54, 1.807) is 14.0 Å². The number of rotatable bonds is 6. The number of fused-ring (bicyclic) bond motifs is 1. The van der Waals surface area contributed by atoms with Gasteiger partial charge in [-0.15, -0.1) is 0 Å². The van der Waals surface area contributed by atoms with Crippen molar-refractivity contribution in [1.82, 2.24) is 18.7 Å². The van der Waals surface area contributed by atoms with Gasteiger partial charge in [0, 0.05) is 33.9 Å². The first-order chi connectivity index (χ1) is 10.4. The Morgan fingerprint density at radius 1 is 1.32 bits per heavy atom. The molecule has 9 nitrogen and oxygen atoms in total. The van der Waals surface area contributed by atoms with Gasteiger partial charge in [-0.05, 0) is 13.3 Å². The van der Waals surface area contributed by atoms with Gasteiger partial charge in [-0.2, -0.15) is 0 Å². The SMILES string of the molecule is CCn1c(=O)c2c(nc(C(=O)O)n2C)n(CCCOC)c1=O. The lowest BCUT2D eigenvalue weighted by atomic mass is 10.4. The number of nitrogens with zero attached hydrogens (tertiary/aromatic N) is 4. The van der Waals surface area contributed by atoms with Crippen LogP contribution >= 0.6 is 0 Å². The molecule has 0 radical (unpaired) electrons. The number of hydrogen-bond donors (Lipinski definition) is 1. The first-order valence-electron chi connectivity index (χ1n) is 6.86. The van der Waals surface area contributed by atoms with E-state index in [9.17, 15) is 14.4 Å². The Morgan fingerprint density at radius 2 is 2.00 bits per heavy atom. The van der Waals surface area contributed by atoms with Gasteiger partial charge in [-0.25, -0.2) is 14.6 Å². The largest absolute Gasteiger partial charge is 0.475 e. The summed E-state index contributed by atoms with van der Waals surface area (Å²) in [6.45, 7) is 2.62. The monoisotopic (exact) mass is 310 g/mol. The predicted molar refractivity (Wildman–Crippen MR) is 78.4 cm³/mol. The predicted octanol–water partition coefficient (Wildman–Crippen LogP) is -0.349. The van der Waals surface area contributed by atoms with Crippen molar-refractivity contribution >= 4 is 17.1 Å². The van der Waals surface area contributed by atoms with E-state index in [2.05, 4.69) is 4.98 Å². The summed E-state index contributed by atoms with van der Waals surface area (Å²) < 4.78 is 8.56. The Bertz CT molecular complexity index is 830. The zero-order chi connectivity index (χ0) is 16.4. The highest BCUT2D eigenvalue weighted by molar-refractivity contribution is 5.88. The van der Waals surface area contributed by atoms with Crippen LogP contribution in [0.15, 0.2) is 9.59 Å². The van der Waals surface area contributed by atoms with Crippen LogP contribution in [0.1, 0.15) is 24.0 Å². The number of carbonyl (C=O) groups is 1. The number of aromatic carboxylic acids is 1. The van der Waals surface area contributed by atoms with Crippen LogP contribution in [0.4, 0.5) is 0 Å². The number of ether oxygens (including phenoxy) is 1. The second-order valence-corrected chi connectivity index (χ2v) is 4.80. The van der Waals surface area contributed by atoms with Gasteiger partial charge in [-0.1, -0.05) is 0 Å². The molecule has 2 aromatic heterocycles. The minimum atomic E-state index is -1.25. The van der Waals surface area contributed by atoms with Gasteiger partial charge in [0.05, 0.1) is 0 Å². The van der Waals surface area contributed by atoms with Gasteiger partial charge in [0.1, 0.15) is 0 Å². The molecular formula is C13H18N4O5. The topological polar surface area (TPSA) is 108 Å². The molecule has 0 saturated heterocycles. The molecule has 0 aliphatic rings. The van der Waals surface area contributed by atoms with Crippen LogP contribution in [0, 0.1) is 0 Å². The summed E-state index contributed by atoms with van der Waals surface area (Å²) in [5, 5.41) is 9.16. The number of methoxy groups -OCH3 is 1. The van der Waals surface area contributed by atoms with Crippen molar-refractivity contribution in [3.05, 3.63) is 26.7 Å². The molecule has 120 valence electrons. The van der Waals surface area contributed by atoms with Crippen molar-refractivity contribution in [1.29, 1.82) is 0 Å². The summed E-state index contributed by atoms with van der Waals surface area (Å²) in [6.07, 6.45) is 0.548. The molecule has 0 aliphatic carbocycles. The summed E-state index contributed by atoms with van der Waals surface area (Å²) >= 11 is 0. The molecular weight excluding hydrogens is 292 g/mol. The van der Waals surface area contributed by atoms with Crippen LogP contribution < -0.4 is 11.2 Å². The fourth-order valence-electron chi connectivity index (χ4n) is 2.40. The van der Waals surface area contributed by atoms with E-state index < -0.39 is 17.2 Å². The standard InChI is InChI=1S/C13H18N4O5/c1-4-16-11(18)8-9(14-10(12(19)20)15(8)2)17(13(16)21)6-5-7-22-3/h4-7H2,1-3H3,(H,19,20). The summed E-state index contributed by atoms with van der Waals surface area (Å²) in [5.74, 6) is -1.53. The molecule has 9 heteroatoms. The molecule has 2 heterocycles. The van der Waals surface area contributed by atoms with Crippen molar-refractivity contribution in [3.63, 3.8) is 0 Å². The number of hydrogen-bond acceptors (Lipinski definition) is 5. The molecule has 0 unspecified atom stereocenters. The maximum atomic E-state index is 12.4. The molecule has 1 N–H and O–H groups in total. The lowest BCUT2D eigenvalue weighted by Gasteiger charge is -2.10. The molecule has 0 aromatic carbocycles. The average molecular weight is 310 g/mol. The molecule has 0 fully saturated rings.